The van der Waals surface area contributed by atoms with Crippen molar-refractivity contribution in [2.75, 3.05) is 0 Å². The van der Waals surface area contributed by atoms with Crippen LogP contribution in [0.4, 0.5) is 0 Å². The molecule has 1 heterocycles. The van der Waals surface area contributed by atoms with Crippen molar-refractivity contribution in [3.63, 3.8) is 0 Å². The van der Waals surface area contributed by atoms with Gasteiger partial charge in [-0.3, -0.25) is 5.84 Å². The van der Waals surface area contributed by atoms with Crippen molar-refractivity contribution in [2.45, 2.75) is 38.9 Å². The van der Waals surface area contributed by atoms with Crippen LogP contribution in [0.25, 0.3) is 0 Å². The van der Waals surface area contributed by atoms with E-state index in [9.17, 15) is 0 Å². The first-order valence-corrected chi connectivity index (χ1v) is 3.90. The van der Waals surface area contributed by atoms with Gasteiger partial charge in [-0.15, -0.1) is 0 Å². The fourth-order valence-corrected chi connectivity index (χ4v) is 1.66. The lowest BCUT2D eigenvalue weighted by atomic mass is 9.93. The third-order valence-electron chi connectivity index (χ3n) is 2.28. The van der Waals surface area contributed by atoms with E-state index >= 15 is 0 Å². The maximum absolute atomic E-state index is 5.76. The van der Waals surface area contributed by atoms with Crippen LogP contribution < -0.4 is 11.6 Å². The van der Waals surface area contributed by atoms with E-state index in [1.807, 2.05) is 0 Å². The Bertz CT molecular complexity index is 103. The van der Waals surface area contributed by atoms with E-state index in [0.717, 1.165) is 12.3 Å². The summed E-state index contributed by atoms with van der Waals surface area (Å²) in [5, 5.41) is 1.76. The minimum absolute atomic E-state index is 0.0683. The van der Waals surface area contributed by atoms with Crippen LogP contribution in [0.2, 0.25) is 0 Å². The highest BCUT2D eigenvalue weighted by Crippen LogP contribution is 2.21. The molecule has 0 aromatic carbocycles. The van der Waals surface area contributed by atoms with Crippen molar-refractivity contribution in [2.24, 2.45) is 17.5 Å². The lowest BCUT2D eigenvalue weighted by Gasteiger charge is -2.37. The fraction of sp³-hybridized carbons (Fsp3) is 1.00. The van der Waals surface area contributed by atoms with Crippen LogP contribution in [0.1, 0.15) is 26.7 Å². The molecule has 10 heavy (non-hydrogen) atoms. The first-order chi connectivity index (χ1) is 4.61. The average Bonchev–Trinajstić information content (AvgIpc) is 1.82. The predicted octanol–water partition coefficient (Wildman–Crippen LogP) is 0.265. The summed E-state index contributed by atoms with van der Waals surface area (Å²) in [4.78, 5) is 0. The molecular formula is C7H17N3. The summed E-state index contributed by atoms with van der Waals surface area (Å²) in [6, 6.07) is 0.443. The van der Waals surface area contributed by atoms with E-state index in [2.05, 4.69) is 13.8 Å². The van der Waals surface area contributed by atoms with Gasteiger partial charge in [-0.05, 0) is 25.7 Å². The largest absolute Gasteiger partial charge is 0.315 e. The highest BCUT2D eigenvalue weighted by molar-refractivity contribution is 4.77. The van der Waals surface area contributed by atoms with Gasteiger partial charge >= 0.3 is 0 Å². The summed E-state index contributed by atoms with van der Waals surface area (Å²) in [6.45, 7) is 4.35. The van der Waals surface area contributed by atoms with E-state index in [1.165, 1.54) is 6.42 Å². The Balaban J connectivity index is 2.49. The summed E-state index contributed by atoms with van der Waals surface area (Å²) in [6.07, 6.45) is 2.27. The molecule has 0 saturated carbocycles. The molecule has 1 fully saturated rings. The van der Waals surface area contributed by atoms with Gasteiger partial charge in [0.2, 0.25) is 0 Å². The second-order valence-electron chi connectivity index (χ2n) is 3.44. The first-order valence-electron chi connectivity index (χ1n) is 3.90. The van der Waals surface area contributed by atoms with Gasteiger partial charge in [-0.1, -0.05) is 6.92 Å². The molecule has 1 aliphatic heterocycles. The smallest absolute Gasteiger partial charge is 0.0711 e. The summed E-state index contributed by atoms with van der Waals surface area (Å²) < 4.78 is 0. The van der Waals surface area contributed by atoms with Crippen molar-refractivity contribution in [3.8, 4) is 0 Å². The standard InChI is InChI=1S/C7H17N3/c1-5-3-6(2)10(9)7(8)4-5/h5-7H,3-4,8-9H2,1-2H3/t5?,6?,7-/m0/s1. The lowest BCUT2D eigenvalue weighted by molar-refractivity contribution is 0.0694. The van der Waals surface area contributed by atoms with E-state index in [4.69, 9.17) is 11.6 Å². The van der Waals surface area contributed by atoms with E-state index in [0.29, 0.717) is 6.04 Å². The molecule has 0 amide bonds. The summed E-state index contributed by atoms with van der Waals surface area (Å²) in [5.41, 5.74) is 5.76. The molecule has 2 unspecified atom stereocenters. The summed E-state index contributed by atoms with van der Waals surface area (Å²) in [5.74, 6) is 6.42. The number of piperidine rings is 1. The first kappa shape index (κ1) is 7.98. The Labute approximate surface area is 62.3 Å². The molecule has 0 aromatic rings. The van der Waals surface area contributed by atoms with Crippen LogP contribution in [-0.4, -0.2) is 17.2 Å². The normalized spacial score (nSPS) is 43.8. The molecule has 1 rings (SSSR count). The van der Waals surface area contributed by atoms with Crippen molar-refractivity contribution < 1.29 is 0 Å². The zero-order valence-corrected chi connectivity index (χ0v) is 6.75. The van der Waals surface area contributed by atoms with Crippen molar-refractivity contribution in [1.82, 2.24) is 5.01 Å². The average molecular weight is 143 g/mol. The number of hydrogen-bond donors (Lipinski definition) is 2. The molecule has 0 radical (unpaired) electrons. The Morgan fingerprint density at radius 3 is 2.40 bits per heavy atom. The second-order valence-corrected chi connectivity index (χ2v) is 3.44. The predicted molar refractivity (Wildman–Crippen MR) is 41.9 cm³/mol. The second kappa shape index (κ2) is 2.86. The molecule has 0 aliphatic carbocycles. The van der Waals surface area contributed by atoms with Crippen LogP contribution in [0, 0.1) is 5.92 Å². The quantitative estimate of drug-likeness (QED) is 0.478. The molecular weight excluding hydrogens is 126 g/mol. The fourth-order valence-electron chi connectivity index (χ4n) is 1.66. The monoisotopic (exact) mass is 143 g/mol. The van der Waals surface area contributed by atoms with Crippen LogP contribution in [0.3, 0.4) is 0 Å². The Morgan fingerprint density at radius 2 is 1.90 bits per heavy atom. The van der Waals surface area contributed by atoms with Crippen LogP contribution in [0.5, 0.6) is 0 Å². The minimum atomic E-state index is 0.0683. The zero-order chi connectivity index (χ0) is 7.72. The topological polar surface area (TPSA) is 55.3 Å². The highest BCUT2D eigenvalue weighted by atomic mass is 15.5. The Kier molecular flexibility index (Phi) is 2.28. The van der Waals surface area contributed by atoms with Gasteiger partial charge in [-0.2, -0.15) is 0 Å². The molecule has 1 saturated heterocycles. The van der Waals surface area contributed by atoms with Gasteiger partial charge in [-0.25, -0.2) is 5.01 Å². The Hall–Kier alpha value is -0.120. The van der Waals surface area contributed by atoms with Crippen molar-refractivity contribution >= 4 is 0 Å². The van der Waals surface area contributed by atoms with Crippen molar-refractivity contribution in [3.05, 3.63) is 0 Å². The third-order valence-corrected chi connectivity index (χ3v) is 2.28. The molecule has 3 atom stereocenters. The molecule has 3 nitrogen and oxygen atoms in total. The molecule has 0 spiro atoms. The summed E-state index contributed by atoms with van der Waals surface area (Å²) >= 11 is 0. The van der Waals surface area contributed by atoms with E-state index < -0.39 is 0 Å². The minimum Gasteiger partial charge on any atom is -0.315 e. The number of nitrogens with two attached hydrogens (primary N) is 2. The molecule has 4 N–H and O–H groups in total. The Morgan fingerprint density at radius 1 is 1.30 bits per heavy atom. The molecule has 3 heteroatoms. The van der Waals surface area contributed by atoms with E-state index in [-0.39, 0.29) is 6.17 Å². The van der Waals surface area contributed by atoms with Gasteiger partial charge in [0, 0.05) is 6.04 Å². The highest BCUT2D eigenvalue weighted by Gasteiger charge is 2.26. The van der Waals surface area contributed by atoms with Crippen LogP contribution >= 0.6 is 0 Å². The third kappa shape index (κ3) is 1.48. The van der Waals surface area contributed by atoms with Gasteiger partial charge in [0.05, 0.1) is 6.17 Å². The number of hydrogen-bond acceptors (Lipinski definition) is 3. The zero-order valence-electron chi connectivity index (χ0n) is 6.75. The van der Waals surface area contributed by atoms with Gasteiger partial charge in [0.15, 0.2) is 0 Å². The number of nitrogens with zero attached hydrogens (tertiary/aromatic N) is 1. The molecule has 0 aromatic heterocycles. The van der Waals surface area contributed by atoms with Gasteiger partial charge in [0.25, 0.3) is 0 Å². The summed E-state index contributed by atoms with van der Waals surface area (Å²) in [7, 11) is 0. The molecule has 0 bridgehead atoms. The van der Waals surface area contributed by atoms with Crippen LogP contribution in [0.15, 0.2) is 0 Å². The van der Waals surface area contributed by atoms with Crippen LogP contribution in [-0.2, 0) is 0 Å². The number of rotatable bonds is 0. The lowest BCUT2D eigenvalue weighted by Crippen LogP contribution is -2.55. The van der Waals surface area contributed by atoms with Crippen molar-refractivity contribution in [1.29, 1.82) is 0 Å². The number of hydrazine groups is 1. The molecule has 1 aliphatic rings. The van der Waals surface area contributed by atoms with E-state index in [1.54, 1.807) is 5.01 Å². The van der Waals surface area contributed by atoms with Gasteiger partial charge in [0.1, 0.15) is 0 Å². The van der Waals surface area contributed by atoms with Gasteiger partial charge < -0.3 is 5.73 Å². The SMILES string of the molecule is CC1CC(C)N(N)[C@H](N)C1. The maximum atomic E-state index is 5.76. The molecule has 60 valence electrons. The maximum Gasteiger partial charge on any atom is 0.0711 e.